The third kappa shape index (κ3) is 3.65. The minimum absolute atomic E-state index is 0.0208. The van der Waals surface area contributed by atoms with Crippen molar-refractivity contribution < 1.29 is 9.66 Å². The maximum absolute atomic E-state index is 11.0. The third-order valence-corrected chi connectivity index (χ3v) is 4.52. The van der Waals surface area contributed by atoms with E-state index in [4.69, 9.17) is 4.74 Å². The molecule has 1 saturated carbocycles. The van der Waals surface area contributed by atoms with Crippen molar-refractivity contribution in [1.29, 1.82) is 0 Å². The van der Waals surface area contributed by atoms with Crippen LogP contribution in [-0.2, 0) is 0 Å². The van der Waals surface area contributed by atoms with Gasteiger partial charge >= 0.3 is 5.69 Å². The molecule has 116 valence electrons. The highest BCUT2D eigenvalue weighted by Crippen LogP contribution is 2.34. The van der Waals surface area contributed by atoms with E-state index in [1.54, 1.807) is 12.1 Å². The molecule has 3 atom stereocenters. The summed E-state index contributed by atoms with van der Waals surface area (Å²) >= 11 is 0. The van der Waals surface area contributed by atoms with Gasteiger partial charge in [-0.05, 0) is 31.2 Å². The molecule has 0 radical (unpaired) electrons. The van der Waals surface area contributed by atoms with Gasteiger partial charge in [-0.15, -0.1) is 0 Å². The second-order valence-electron chi connectivity index (χ2n) is 5.89. The largest absolute Gasteiger partial charge is 0.487 e. The first-order chi connectivity index (χ1) is 10.0. The fraction of sp³-hybridized carbons (Fsp3) is 0.625. The zero-order valence-corrected chi connectivity index (χ0v) is 13.0. The number of anilines is 1. The Morgan fingerprint density at radius 1 is 1.38 bits per heavy atom. The van der Waals surface area contributed by atoms with Crippen LogP contribution in [0.2, 0.25) is 0 Å². The van der Waals surface area contributed by atoms with E-state index in [9.17, 15) is 10.1 Å². The predicted octanol–water partition coefficient (Wildman–Crippen LogP) is 4.23. The summed E-state index contributed by atoms with van der Waals surface area (Å²) in [7, 11) is 0. The predicted molar refractivity (Wildman–Crippen MR) is 83.9 cm³/mol. The quantitative estimate of drug-likeness (QED) is 0.651. The fourth-order valence-electron chi connectivity index (χ4n) is 3.03. The molecule has 0 aliphatic heterocycles. The molecule has 0 heterocycles. The van der Waals surface area contributed by atoms with Gasteiger partial charge in [-0.3, -0.25) is 10.1 Å². The number of nitrogens with zero attached hydrogens (tertiary/aromatic N) is 1. The van der Waals surface area contributed by atoms with Crippen LogP contribution in [0.3, 0.4) is 0 Å². The first-order valence-electron chi connectivity index (χ1n) is 7.70. The van der Waals surface area contributed by atoms with Crippen molar-refractivity contribution in [2.45, 2.75) is 46.1 Å². The normalized spacial score (nSPS) is 25.4. The molecule has 0 spiro atoms. The molecule has 1 aliphatic carbocycles. The maximum Gasteiger partial charge on any atom is 0.311 e. The van der Waals surface area contributed by atoms with Crippen LogP contribution in [-0.4, -0.2) is 17.6 Å². The van der Waals surface area contributed by atoms with Crippen molar-refractivity contribution in [3.63, 3.8) is 0 Å². The van der Waals surface area contributed by atoms with E-state index in [0.29, 0.717) is 30.2 Å². The van der Waals surface area contributed by atoms with Crippen molar-refractivity contribution in [3.8, 4) is 5.75 Å². The summed E-state index contributed by atoms with van der Waals surface area (Å²) in [6, 6.07) is 5.45. The zero-order chi connectivity index (χ0) is 15.4. The van der Waals surface area contributed by atoms with Crippen molar-refractivity contribution in [1.82, 2.24) is 0 Å². The van der Waals surface area contributed by atoms with Crippen LogP contribution in [0.15, 0.2) is 18.2 Å². The van der Waals surface area contributed by atoms with Crippen molar-refractivity contribution in [2.75, 3.05) is 11.9 Å². The molecule has 0 amide bonds. The summed E-state index contributed by atoms with van der Waals surface area (Å²) in [5.41, 5.74) is 0.919. The number of hydrogen-bond acceptors (Lipinski definition) is 4. The minimum atomic E-state index is -0.403. The topological polar surface area (TPSA) is 64.4 Å². The standard InChI is InChI=1S/C16H24N2O3/c1-4-21-16-10-13(8-9-15(16)18(19)20)17-14-7-5-6-11(2)12(14)3/h8-12,14,17H,4-7H2,1-3H3. The molecule has 1 fully saturated rings. The van der Waals surface area contributed by atoms with E-state index in [1.165, 1.54) is 18.9 Å². The van der Waals surface area contributed by atoms with E-state index in [0.717, 1.165) is 12.1 Å². The number of nitro benzene ring substituents is 1. The van der Waals surface area contributed by atoms with Gasteiger partial charge in [-0.1, -0.05) is 26.7 Å². The number of benzene rings is 1. The molecule has 0 aromatic heterocycles. The fourth-order valence-corrected chi connectivity index (χ4v) is 3.03. The highest BCUT2D eigenvalue weighted by atomic mass is 16.6. The zero-order valence-electron chi connectivity index (χ0n) is 13.0. The molecule has 1 aliphatic rings. The minimum Gasteiger partial charge on any atom is -0.487 e. The Labute approximate surface area is 125 Å². The van der Waals surface area contributed by atoms with Crippen LogP contribution in [0, 0.1) is 22.0 Å². The summed E-state index contributed by atoms with van der Waals surface area (Å²) < 4.78 is 5.39. The molecule has 0 bridgehead atoms. The van der Waals surface area contributed by atoms with Gasteiger partial charge in [0.25, 0.3) is 0 Å². The Morgan fingerprint density at radius 2 is 2.14 bits per heavy atom. The molecule has 0 saturated heterocycles. The highest BCUT2D eigenvalue weighted by molar-refractivity contribution is 5.58. The number of nitrogens with one attached hydrogen (secondary N) is 1. The van der Waals surface area contributed by atoms with Gasteiger partial charge in [0.15, 0.2) is 5.75 Å². The van der Waals surface area contributed by atoms with Crippen molar-refractivity contribution in [3.05, 3.63) is 28.3 Å². The summed E-state index contributed by atoms with van der Waals surface area (Å²) in [5.74, 6) is 1.65. The molecule has 1 N–H and O–H groups in total. The number of hydrogen-bond donors (Lipinski definition) is 1. The van der Waals surface area contributed by atoms with Crippen molar-refractivity contribution >= 4 is 11.4 Å². The molecular formula is C16H24N2O3. The Bertz CT molecular complexity index is 504. The van der Waals surface area contributed by atoms with Gasteiger partial charge in [0, 0.05) is 23.9 Å². The van der Waals surface area contributed by atoms with Crippen LogP contribution in [0.25, 0.3) is 0 Å². The highest BCUT2D eigenvalue weighted by Gasteiger charge is 2.27. The Kier molecular flexibility index (Phi) is 5.04. The van der Waals surface area contributed by atoms with Crippen LogP contribution >= 0.6 is 0 Å². The Hall–Kier alpha value is -1.78. The molecule has 21 heavy (non-hydrogen) atoms. The SMILES string of the molecule is CCOc1cc(NC2CCCC(C)C2C)ccc1[N+](=O)[O-]. The summed E-state index contributed by atoms with van der Waals surface area (Å²) in [6.45, 7) is 6.81. The van der Waals surface area contributed by atoms with Gasteiger partial charge in [0.05, 0.1) is 11.5 Å². The average Bonchev–Trinajstić information content (AvgIpc) is 2.44. The summed E-state index contributed by atoms with van der Waals surface area (Å²) in [6.07, 6.45) is 3.66. The molecule has 3 unspecified atom stereocenters. The Balaban J connectivity index is 2.16. The second kappa shape index (κ2) is 6.78. The first kappa shape index (κ1) is 15.6. The van der Waals surface area contributed by atoms with Crippen LogP contribution < -0.4 is 10.1 Å². The number of ether oxygens (including phenoxy) is 1. The molecular weight excluding hydrogens is 268 g/mol. The Morgan fingerprint density at radius 3 is 2.81 bits per heavy atom. The van der Waals surface area contributed by atoms with Crippen LogP contribution in [0.1, 0.15) is 40.0 Å². The second-order valence-corrected chi connectivity index (χ2v) is 5.89. The molecule has 1 aromatic rings. The monoisotopic (exact) mass is 292 g/mol. The van der Waals surface area contributed by atoms with Crippen LogP contribution in [0.5, 0.6) is 5.75 Å². The summed E-state index contributed by atoms with van der Waals surface area (Å²) in [5, 5.41) is 14.5. The molecule has 5 heteroatoms. The molecule has 1 aromatic carbocycles. The number of nitro groups is 1. The smallest absolute Gasteiger partial charge is 0.311 e. The maximum atomic E-state index is 11.0. The lowest BCUT2D eigenvalue weighted by Gasteiger charge is -2.35. The lowest BCUT2D eigenvalue weighted by Crippen LogP contribution is -2.34. The molecule has 5 nitrogen and oxygen atoms in total. The van der Waals surface area contributed by atoms with E-state index >= 15 is 0 Å². The summed E-state index contributed by atoms with van der Waals surface area (Å²) in [4.78, 5) is 10.6. The number of rotatable bonds is 5. The van der Waals surface area contributed by atoms with E-state index < -0.39 is 4.92 Å². The van der Waals surface area contributed by atoms with Crippen molar-refractivity contribution in [2.24, 2.45) is 11.8 Å². The van der Waals surface area contributed by atoms with Gasteiger partial charge in [-0.2, -0.15) is 0 Å². The molecule has 2 rings (SSSR count). The van der Waals surface area contributed by atoms with Gasteiger partial charge in [0.1, 0.15) is 0 Å². The van der Waals surface area contributed by atoms with E-state index in [1.807, 2.05) is 6.92 Å². The first-order valence-corrected chi connectivity index (χ1v) is 7.70. The van der Waals surface area contributed by atoms with Gasteiger partial charge in [-0.25, -0.2) is 0 Å². The van der Waals surface area contributed by atoms with Gasteiger partial charge in [0.2, 0.25) is 0 Å². The van der Waals surface area contributed by atoms with E-state index in [2.05, 4.69) is 19.2 Å². The lowest BCUT2D eigenvalue weighted by atomic mass is 9.78. The third-order valence-electron chi connectivity index (χ3n) is 4.52. The van der Waals surface area contributed by atoms with E-state index in [-0.39, 0.29) is 5.69 Å². The average molecular weight is 292 g/mol. The van der Waals surface area contributed by atoms with Crippen LogP contribution in [0.4, 0.5) is 11.4 Å². The van der Waals surface area contributed by atoms with Gasteiger partial charge < -0.3 is 10.1 Å². The lowest BCUT2D eigenvalue weighted by molar-refractivity contribution is -0.385.